The lowest BCUT2D eigenvalue weighted by Gasteiger charge is -2.14. The maximum Gasteiger partial charge on any atom is 0.387 e. The number of amides is 1. The number of nitrogens with zero attached hydrogens (tertiary/aromatic N) is 5. The van der Waals surface area contributed by atoms with Crippen molar-refractivity contribution in [3.8, 4) is 11.6 Å². The average molecular weight is 360 g/mol. The van der Waals surface area contributed by atoms with Crippen LogP contribution in [-0.4, -0.2) is 37.3 Å². The van der Waals surface area contributed by atoms with Crippen molar-refractivity contribution in [2.45, 2.75) is 19.6 Å². The zero-order valence-electron chi connectivity index (χ0n) is 13.6. The summed E-state index contributed by atoms with van der Waals surface area (Å²) in [5.41, 5.74) is 0.0823. The van der Waals surface area contributed by atoms with Crippen molar-refractivity contribution >= 4 is 5.91 Å². The number of alkyl halides is 2. The van der Waals surface area contributed by atoms with Gasteiger partial charge < -0.3 is 10.1 Å². The minimum atomic E-state index is -2.99. The third-order valence-electron chi connectivity index (χ3n) is 3.38. The molecule has 3 aromatic rings. The predicted octanol–water partition coefficient (Wildman–Crippen LogP) is 2.15. The molecule has 8 nitrogen and oxygen atoms in total. The normalized spacial score (nSPS) is 12.0. The molecule has 1 N–H and O–H groups in total. The SMILES string of the molecule is CC(NC(=O)c1cncc(OC(F)F)c1)c1ncnn1-c1ccccn1. The maximum atomic E-state index is 12.4. The predicted molar refractivity (Wildman–Crippen MR) is 85.9 cm³/mol. The molecule has 0 aliphatic carbocycles. The van der Waals surface area contributed by atoms with E-state index in [0.717, 1.165) is 6.20 Å². The van der Waals surface area contributed by atoms with Gasteiger partial charge in [0, 0.05) is 12.4 Å². The number of carbonyl (C=O) groups is 1. The van der Waals surface area contributed by atoms with Gasteiger partial charge in [-0.2, -0.15) is 18.6 Å². The van der Waals surface area contributed by atoms with E-state index >= 15 is 0 Å². The van der Waals surface area contributed by atoms with E-state index in [1.807, 2.05) is 0 Å². The summed E-state index contributed by atoms with van der Waals surface area (Å²) < 4.78 is 30.3. The zero-order chi connectivity index (χ0) is 18.5. The molecule has 0 aromatic carbocycles. The molecule has 0 saturated carbocycles. The summed E-state index contributed by atoms with van der Waals surface area (Å²) in [5.74, 6) is 0.303. The fraction of sp³-hybridized carbons (Fsp3) is 0.188. The van der Waals surface area contributed by atoms with E-state index in [0.29, 0.717) is 11.6 Å². The molecule has 0 radical (unpaired) electrons. The van der Waals surface area contributed by atoms with Crippen LogP contribution < -0.4 is 10.1 Å². The Morgan fingerprint density at radius 3 is 2.85 bits per heavy atom. The molecule has 0 fully saturated rings. The number of nitrogens with one attached hydrogen (secondary N) is 1. The minimum Gasteiger partial charge on any atom is -0.433 e. The van der Waals surface area contributed by atoms with Gasteiger partial charge in [0.05, 0.1) is 17.8 Å². The van der Waals surface area contributed by atoms with Crippen LogP contribution >= 0.6 is 0 Å². The Morgan fingerprint density at radius 1 is 1.27 bits per heavy atom. The average Bonchev–Trinajstić information content (AvgIpc) is 3.12. The number of aromatic nitrogens is 5. The molecule has 0 bridgehead atoms. The Labute approximate surface area is 146 Å². The van der Waals surface area contributed by atoms with Crippen molar-refractivity contribution in [3.05, 3.63) is 60.6 Å². The van der Waals surface area contributed by atoms with E-state index in [2.05, 4.69) is 30.1 Å². The van der Waals surface area contributed by atoms with Gasteiger partial charge in [-0.3, -0.25) is 9.78 Å². The Bertz CT molecular complexity index is 887. The molecular formula is C16H14F2N6O2. The van der Waals surface area contributed by atoms with Crippen molar-refractivity contribution in [2.24, 2.45) is 0 Å². The number of pyridine rings is 2. The molecule has 0 aliphatic heterocycles. The van der Waals surface area contributed by atoms with Gasteiger partial charge in [-0.25, -0.2) is 9.97 Å². The summed E-state index contributed by atoms with van der Waals surface area (Å²) in [6.45, 7) is -1.28. The van der Waals surface area contributed by atoms with Gasteiger partial charge in [0.15, 0.2) is 11.6 Å². The van der Waals surface area contributed by atoms with Crippen molar-refractivity contribution in [2.75, 3.05) is 0 Å². The van der Waals surface area contributed by atoms with Crippen LogP contribution in [0.1, 0.15) is 29.1 Å². The van der Waals surface area contributed by atoms with E-state index in [4.69, 9.17) is 0 Å². The first-order valence-corrected chi connectivity index (χ1v) is 7.56. The van der Waals surface area contributed by atoms with Gasteiger partial charge in [-0.05, 0) is 25.1 Å². The van der Waals surface area contributed by atoms with E-state index in [9.17, 15) is 13.6 Å². The fourth-order valence-corrected chi connectivity index (χ4v) is 2.26. The molecule has 26 heavy (non-hydrogen) atoms. The van der Waals surface area contributed by atoms with Gasteiger partial charge in [-0.1, -0.05) is 6.07 Å². The lowest BCUT2D eigenvalue weighted by Crippen LogP contribution is -2.29. The standard InChI is InChI=1S/C16H14F2N6O2/c1-10(14-21-9-22-24(14)13-4-2-3-5-20-13)23-15(25)11-6-12(8-19-7-11)26-16(17)18/h2-10,16H,1H3,(H,23,25). The number of ether oxygens (including phenoxy) is 1. The Balaban J connectivity index is 1.76. The lowest BCUT2D eigenvalue weighted by atomic mass is 10.2. The highest BCUT2D eigenvalue weighted by Crippen LogP contribution is 2.16. The van der Waals surface area contributed by atoms with Crippen LogP contribution in [0, 0.1) is 0 Å². The summed E-state index contributed by atoms with van der Waals surface area (Å²) in [6.07, 6.45) is 5.32. The van der Waals surface area contributed by atoms with Crippen LogP contribution in [0.2, 0.25) is 0 Å². The van der Waals surface area contributed by atoms with Crippen molar-refractivity contribution < 1.29 is 18.3 Å². The molecule has 134 valence electrons. The first kappa shape index (κ1) is 17.4. The Morgan fingerprint density at radius 2 is 2.12 bits per heavy atom. The van der Waals surface area contributed by atoms with Gasteiger partial charge in [0.2, 0.25) is 0 Å². The molecule has 0 spiro atoms. The molecule has 1 amide bonds. The molecule has 0 saturated heterocycles. The molecule has 1 unspecified atom stereocenters. The first-order chi connectivity index (χ1) is 12.5. The molecule has 3 aromatic heterocycles. The van der Waals surface area contributed by atoms with E-state index < -0.39 is 18.6 Å². The molecular weight excluding hydrogens is 346 g/mol. The Kier molecular flexibility index (Phi) is 5.11. The van der Waals surface area contributed by atoms with Gasteiger partial charge >= 0.3 is 6.61 Å². The monoisotopic (exact) mass is 360 g/mol. The fourth-order valence-electron chi connectivity index (χ4n) is 2.26. The second-order valence-corrected chi connectivity index (χ2v) is 5.20. The van der Waals surface area contributed by atoms with Crippen LogP contribution in [0.5, 0.6) is 5.75 Å². The summed E-state index contributed by atoms with van der Waals surface area (Å²) in [7, 11) is 0. The van der Waals surface area contributed by atoms with Crippen molar-refractivity contribution in [3.63, 3.8) is 0 Å². The molecule has 10 heteroatoms. The van der Waals surface area contributed by atoms with Gasteiger partial charge in [0.25, 0.3) is 5.91 Å². The smallest absolute Gasteiger partial charge is 0.387 e. The van der Waals surface area contributed by atoms with Crippen LogP contribution in [0.15, 0.2) is 49.2 Å². The third kappa shape index (κ3) is 3.97. The van der Waals surface area contributed by atoms with Crippen molar-refractivity contribution in [1.29, 1.82) is 0 Å². The van der Waals surface area contributed by atoms with Crippen LogP contribution in [0.4, 0.5) is 8.78 Å². The second-order valence-electron chi connectivity index (χ2n) is 5.20. The topological polar surface area (TPSA) is 94.8 Å². The van der Waals surface area contributed by atoms with Crippen LogP contribution in [0.3, 0.4) is 0 Å². The highest BCUT2D eigenvalue weighted by Gasteiger charge is 2.19. The number of hydrogen-bond donors (Lipinski definition) is 1. The molecule has 3 heterocycles. The quantitative estimate of drug-likeness (QED) is 0.724. The summed E-state index contributed by atoms with van der Waals surface area (Å²) in [4.78, 5) is 24.4. The third-order valence-corrected chi connectivity index (χ3v) is 3.38. The first-order valence-electron chi connectivity index (χ1n) is 7.56. The van der Waals surface area contributed by atoms with E-state index in [1.54, 1.807) is 31.3 Å². The minimum absolute atomic E-state index is 0.0823. The summed E-state index contributed by atoms with van der Waals surface area (Å²) >= 11 is 0. The lowest BCUT2D eigenvalue weighted by molar-refractivity contribution is -0.0501. The molecule has 3 rings (SSSR count). The summed E-state index contributed by atoms with van der Waals surface area (Å²) in [5, 5.41) is 6.83. The van der Waals surface area contributed by atoms with Crippen LogP contribution in [0.25, 0.3) is 5.82 Å². The summed E-state index contributed by atoms with van der Waals surface area (Å²) in [6, 6.07) is 5.99. The van der Waals surface area contributed by atoms with Gasteiger partial charge in [-0.15, -0.1) is 0 Å². The van der Waals surface area contributed by atoms with Gasteiger partial charge in [0.1, 0.15) is 12.1 Å². The zero-order valence-corrected chi connectivity index (χ0v) is 13.6. The highest BCUT2D eigenvalue weighted by atomic mass is 19.3. The number of carbonyl (C=O) groups excluding carboxylic acids is 1. The van der Waals surface area contributed by atoms with E-state index in [-0.39, 0.29) is 11.3 Å². The number of hydrogen-bond acceptors (Lipinski definition) is 6. The number of halogens is 2. The molecule has 0 aliphatic rings. The Hall–Kier alpha value is -3.43. The number of rotatable bonds is 6. The molecule has 1 atom stereocenters. The highest BCUT2D eigenvalue weighted by molar-refractivity contribution is 5.94. The maximum absolute atomic E-state index is 12.4. The van der Waals surface area contributed by atoms with E-state index in [1.165, 1.54) is 23.3 Å². The largest absolute Gasteiger partial charge is 0.433 e. The van der Waals surface area contributed by atoms with Crippen LogP contribution in [-0.2, 0) is 0 Å². The second kappa shape index (κ2) is 7.64. The van der Waals surface area contributed by atoms with Crippen molar-refractivity contribution in [1.82, 2.24) is 30.0 Å².